The first kappa shape index (κ1) is 24.3. The van der Waals surface area contributed by atoms with Gasteiger partial charge in [0.15, 0.2) is 0 Å². The Hall–Kier alpha value is -1.02. The molecule has 2 aromatic heterocycles. The summed E-state index contributed by atoms with van der Waals surface area (Å²) in [6.07, 6.45) is 4.81. The molecule has 1 atom stereocenters. The average molecular weight is 478 g/mol. The number of aryl methyl sites for hydroxylation is 1. The molecule has 4 rings (SSSR count). The van der Waals surface area contributed by atoms with Gasteiger partial charge in [0.25, 0.3) is 0 Å². The fraction of sp³-hybridized carbons (Fsp3) is 0.450. The molecule has 0 amide bonds. The van der Waals surface area contributed by atoms with Gasteiger partial charge in [-0.25, -0.2) is 0 Å². The number of halogens is 3. The van der Waals surface area contributed by atoms with Crippen molar-refractivity contribution in [3.05, 3.63) is 44.4 Å². The van der Waals surface area contributed by atoms with Crippen molar-refractivity contribution in [3.63, 3.8) is 0 Å². The number of pyridine rings is 1. The predicted octanol–water partition coefficient (Wildman–Crippen LogP) is 2.92. The Morgan fingerprint density at radius 1 is 1.34 bits per heavy atom. The van der Waals surface area contributed by atoms with E-state index in [4.69, 9.17) is 21.3 Å². The molecule has 0 aliphatic carbocycles. The molecule has 160 valence electrons. The SMILES string of the molecule is COCCC1CN(C2=c3nccc(Cl)c3=CNc3sc(C)cc32)CCN1C.Cl.Cl. The number of anilines is 1. The Morgan fingerprint density at radius 3 is 2.90 bits per heavy atom. The van der Waals surface area contributed by atoms with Gasteiger partial charge in [-0.05, 0) is 32.5 Å². The summed E-state index contributed by atoms with van der Waals surface area (Å²) >= 11 is 8.29. The van der Waals surface area contributed by atoms with Crippen molar-refractivity contribution >= 4 is 64.6 Å². The van der Waals surface area contributed by atoms with Crippen LogP contribution in [0.4, 0.5) is 5.00 Å². The molecule has 1 saturated heterocycles. The van der Waals surface area contributed by atoms with Gasteiger partial charge in [-0.15, -0.1) is 36.2 Å². The van der Waals surface area contributed by atoms with Gasteiger partial charge in [0.05, 0.1) is 16.1 Å². The smallest absolute Gasteiger partial charge is 0.102 e. The summed E-state index contributed by atoms with van der Waals surface area (Å²) in [4.78, 5) is 10.9. The van der Waals surface area contributed by atoms with Gasteiger partial charge in [-0.1, -0.05) is 11.6 Å². The molecule has 2 aromatic rings. The van der Waals surface area contributed by atoms with Crippen molar-refractivity contribution in [1.82, 2.24) is 14.8 Å². The number of aromatic nitrogens is 1. The number of methoxy groups -OCH3 is 1. The molecule has 29 heavy (non-hydrogen) atoms. The van der Waals surface area contributed by atoms with Crippen LogP contribution in [0.5, 0.6) is 0 Å². The minimum Gasteiger partial charge on any atom is -0.385 e. The summed E-state index contributed by atoms with van der Waals surface area (Å²) in [7, 11) is 3.97. The van der Waals surface area contributed by atoms with Gasteiger partial charge in [0.1, 0.15) is 5.00 Å². The van der Waals surface area contributed by atoms with Crippen molar-refractivity contribution in [2.75, 3.05) is 45.7 Å². The molecule has 1 unspecified atom stereocenters. The molecule has 0 radical (unpaired) electrons. The van der Waals surface area contributed by atoms with Crippen molar-refractivity contribution in [2.45, 2.75) is 19.4 Å². The van der Waals surface area contributed by atoms with E-state index in [2.05, 4.69) is 35.2 Å². The van der Waals surface area contributed by atoms with E-state index in [1.165, 1.54) is 16.1 Å². The minimum atomic E-state index is 0. The maximum atomic E-state index is 6.52. The van der Waals surface area contributed by atoms with E-state index >= 15 is 0 Å². The molecule has 0 saturated carbocycles. The standard InChI is InChI=1S/C20H25ClN4OS.2ClH/c1-13-10-15-19(25-8-7-24(2)14(12-25)5-9-26-3)18-16(11-23-20(15)27-13)17(21)4-6-22-18;;/h4,6,10-11,14,23H,5,7-9,12H2,1-3H3;2*1H. The number of piperazine rings is 1. The third-order valence-electron chi connectivity index (χ3n) is 5.37. The molecule has 9 heteroatoms. The van der Waals surface area contributed by atoms with Crippen LogP contribution in [-0.2, 0) is 4.74 Å². The Morgan fingerprint density at radius 2 is 2.14 bits per heavy atom. The van der Waals surface area contributed by atoms with E-state index < -0.39 is 0 Å². The summed E-state index contributed by atoms with van der Waals surface area (Å²) in [5.41, 5.74) is 2.40. The second-order valence-corrected chi connectivity index (χ2v) is 8.82. The van der Waals surface area contributed by atoms with Crippen molar-refractivity contribution in [2.24, 2.45) is 0 Å². The van der Waals surface area contributed by atoms with Crippen LogP contribution >= 0.6 is 47.8 Å². The summed E-state index contributed by atoms with van der Waals surface area (Å²) in [6, 6.07) is 4.57. The highest BCUT2D eigenvalue weighted by molar-refractivity contribution is 7.16. The Labute approximate surface area is 193 Å². The number of nitrogens with zero attached hydrogens (tertiary/aromatic N) is 3. The highest BCUT2D eigenvalue weighted by Crippen LogP contribution is 2.35. The van der Waals surface area contributed by atoms with Crippen LogP contribution in [0, 0.1) is 6.92 Å². The van der Waals surface area contributed by atoms with E-state index in [1.54, 1.807) is 24.6 Å². The lowest BCUT2D eigenvalue weighted by Crippen LogP contribution is -2.52. The molecule has 2 aliphatic rings. The minimum absolute atomic E-state index is 0. The number of likely N-dealkylation sites (N-methyl/N-ethyl adjacent to an activating group) is 1. The van der Waals surface area contributed by atoms with Gasteiger partial charge < -0.3 is 15.0 Å². The predicted molar refractivity (Wildman–Crippen MR) is 127 cm³/mol. The van der Waals surface area contributed by atoms with Crippen LogP contribution in [0.2, 0.25) is 5.02 Å². The zero-order chi connectivity index (χ0) is 19.0. The number of ether oxygens (including phenoxy) is 1. The Balaban J connectivity index is 0.00000150. The molecular formula is C20H27Cl3N4OS. The molecular weight excluding hydrogens is 451 g/mol. The van der Waals surface area contributed by atoms with E-state index in [-0.39, 0.29) is 24.8 Å². The summed E-state index contributed by atoms with van der Waals surface area (Å²) < 4.78 is 5.33. The first-order valence-corrected chi connectivity index (χ1v) is 10.4. The second-order valence-electron chi connectivity index (χ2n) is 7.15. The van der Waals surface area contributed by atoms with E-state index in [0.29, 0.717) is 6.04 Å². The topological polar surface area (TPSA) is 40.6 Å². The number of thiophene rings is 1. The Kier molecular flexibility index (Phi) is 8.64. The van der Waals surface area contributed by atoms with E-state index in [9.17, 15) is 0 Å². The summed E-state index contributed by atoms with van der Waals surface area (Å²) in [5.74, 6) is 0. The maximum absolute atomic E-state index is 6.52. The molecule has 5 nitrogen and oxygen atoms in total. The molecule has 0 bridgehead atoms. The van der Waals surface area contributed by atoms with Gasteiger partial charge in [0.2, 0.25) is 0 Å². The largest absolute Gasteiger partial charge is 0.385 e. The van der Waals surface area contributed by atoms with Crippen LogP contribution in [0.15, 0.2) is 18.3 Å². The second kappa shape index (κ2) is 10.3. The first-order valence-electron chi connectivity index (χ1n) is 9.25. The normalized spacial score (nSPS) is 18.4. The van der Waals surface area contributed by atoms with Crippen molar-refractivity contribution in [1.29, 1.82) is 0 Å². The van der Waals surface area contributed by atoms with Crippen molar-refractivity contribution < 1.29 is 4.74 Å². The van der Waals surface area contributed by atoms with Gasteiger partial charge in [-0.2, -0.15) is 0 Å². The molecule has 0 spiro atoms. The molecule has 0 aromatic carbocycles. The third-order valence-corrected chi connectivity index (χ3v) is 6.68. The zero-order valence-corrected chi connectivity index (χ0v) is 20.0. The monoisotopic (exact) mass is 476 g/mol. The lowest BCUT2D eigenvalue weighted by atomic mass is 10.1. The molecule has 1 N–H and O–H groups in total. The summed E-state index contributed by atoms with van der Waals surface area (Å²) in [6.45, 7) is 5.87. The van der Waals surface area contributed by atoms with E-state index in [1.807, 2.05) is 12.3 Å². The van der Waals surface area contributed by atoms with Crippen LogP contribution in [0.3, 0.4) is 0 Å². The number of nitrogens with one attached hydrogen (secondary N) is 1. The van der Waals surface area contributed by atoms with Crippen molar-refractivity contribution in [3.8, 4) is 0 Å². The maximum Gasteiger partial charge on any atom is 0.102 e. The fourth-order valence-corrected chi connectivity index (χ4v) is 4.96. The summed E-state index contributed by atoms with van der Waals surface area (Å²) in [5, 5.41) is 7.26. The number of hydrogen-bond acceptors (Lipinski definition) is 6. The Bertz CT molecular complexity index is 965. The van der Waals surface area contributed by atoms with E-state index in [0.717, 1.165) is 53.3 Å². The van der Waals surface area contributed by atoms with Crippen LogP contribution in [0.1, 0.15) is 16.9 Å². The first-order chi connectivity index (χ1) is 13.1. The van der Waals surface area contributed by atoms with Gasteiger partial charge in [0, 0.05) is 67.4 Å². The van der Waals surface area contributed by atoms with Crippen LogP contribution in [-0.4, -0.2) is 61.2 Å². The highest BCUT2D eigenvalue weighted by Gasteiger charge is 2.29. The number of hydrogen-bond donors (Lipinski definition) is 1. The quantitative estimate of drug-likeness (QED) is 0.733. The van der Waals surface area contributed by atoms with Crippen LogP contribution in [0.25, 0.3) is 11.9 Å². The number of rotatable bonds is 4. The lowest BCUT2D eigenvalue weighted by Gasteiger charge is -2.41. The fourth-order valence-electron chi connectivity index (χ4n) is 3.87. The third kappa shape index (κ3) is 4.84. The van der Waals surface area contributed by atoms with Crippen LogP contribution < -0.4 is 15.9 Å². The van der Waals surface area contributed by atoms with Gasteiger partial charge in [-0.3, -0.25) is 9.88 Å². The molecule has 2 aliphatic heterocycles. The van der Waals surface area contributed by atoms with Gasteiger partial charge >= 0.3 is 0 Å². The lowest BCUT2D eigenvalue weighted by molar-refractivity contribution is 0.0960. The highest BCUT2D eigenvalue weighted by atomic mass is 35.5. The average Bonchev–Trinajstić information content (AvgIpc) is 2.94. The molecule has 1 fully saturated rings. The zero-order valence-electron chi connectivity index (χ0n) is 16.8. The molecule has 4 heterocycles. The number of fused-ring (bicyclic) bond motifs is 2.